The van der Waals surface area contributed by atoms with Gasteiger partial charge in [0.25, 0.3) is 0 Å². The summed E-state index contributed by atoms with van der Waals surface area (Å²) in [4.78, 5) is 9.48. The predicted molar refractivity (Wildman–Crippen MR) is 123 cm³/mol. The van der Waals surface area contributed by atoms with Gasteiger partial charge in [-0.05, 0) is 43.9 Å². The molecule has 2 aliphatic heterocycles. The first-order valence-electron chi connectivity index (χ1n) is 10.00. The Bertz CT molecular complexity index is 571. The third-order valence-corrected chi connectivity index (χ3v) is 5.17. The van der Waals surface area contributed by atoms with Crippen LogP contribution in [0.3, 0.4) is 0 Å². The molecule has 0 spiro atoms. The third kappa shape index (κ3) is 7.46. The number of guanidine groups is 1. The minimum absolute atomic E-state index is 0. The number of piperidine rings is 1. The van der Waals surface area contributed by atoms with Crippen molar-refractivity contribution in [2.24, 2.45) is 10.7 Å². The number of aliphatic imine (C=N–C) groups is 1. The van der Waals surface area contributed by atoms with Crippen LogP contribution in [-0.2, 0) is 11.3 Å². The predicted octanol–water partition coefficient (Wildman–Crippen LogP) is 2.42. The van der Waals surface area contributed by atoms with Crippen LogP contribution in [-0.4, -0.2) is 63.3 Å². The van der Waals surface area contributed by atoms with E-state index in [-0.39, 0.29) is 24.0 Å². The fourth-order valence-corrected chi connectivity index (χ4v) is 3.66. The van der Waals surface area contributed by atoms with E-state index in [0.29, 0.717) is 12.5 Å². The number of para-hydroxylation sites is 1. The second-order valence-corrected chi connectivity index (χ2v) is 7.11. The molecule has 2 aliphatic rings. The molecule has 0 amide bonds. The second-order valence-electron chi connectivity index (χ2n) is 7.11. The van der Waals surface area contributed by atoms with Crippen LogP contribution in [0.5, 0.6) is 0 Å². The smallest absolute Gasteiger partial charge is 0.188 e. The minimum atomic E-state index is 0. The van der Waals surface area contributed by atoms with Gasteiger partial charge in [0, 0.05) is 38.4 Å². The van der Waals surface area contributed by atoms with Gasteiger partial charge in [0.2, 0.25) is 0 Å². The molecular formula is C20H34IN5O. The lowest BCUT2D eigenvalue weighted by Crippen LogP contribution is -2.39. The molecule has 0 unspecified atom stereocenters. The maximum Gasteiger partial charge on any atom is 0.188 e. The maximum absolute atomic E-state index is 6.06. The Labute approximate surface area is 180 Å². The van der Waals surface area contributed by atoms with E-state index >= 15 is 0 Å². The number of benzene rings is 1. The number of ether oxygens (including phenoxy) is 1. The first-order valence-corrected chi connectivity index (χ1v) is 10.00. The van der Waals surface area contributed by atoms with Crippen molar-refractivity contribution in [1.82, 2.24) is 10.2 Å². The zero-order valence-electron chi connectivity index (χ0n) is 16.2. The number of hydrogen-bond acceptors (Lipinski definition) is 4. The van der Waals surface area contributed by atoms with E-state index in [1.807, 2.05) is 0 Å². The Morgan fingerprint density at radius 2 is 1.81 bits per heavy atom. The highest BCUT2D eigenvalue weighted by atomic mass is 127. The highest BCUT2D eigenvalue weighted by Crippen LogP contribution is 2.24. The number of nitrogens with two attached hydrogens (primary N) is 1. The summed E-state index contributed by atoms with van der Waals surface area (Å²) in [6.45, 7) is 8.66. The number of morpholine rings is 1. The summed E-state index contributed by atoms with van der Waals surface area (Å²) in [6, 6.07) is 8.58. The molecule has 2 heterocycles. The molecule has 7 heteroatoms. The first-order chi connectivity index (χ1) is 12.8. The maximum atomic E-state index is 6.06. The third-order valence-electron chi connectivity index (χ3n) is 5.17. The highest BCUT2D eigenvalue weighted by molar-refractivity contribution is 14.0. The molecule has 0 aliphatic carbocycles. The lowest BCUT2D eigenvalue weighted by molar-refractivity contribution is 0.0376. The zero-order chi connectivity index (χ0) is 18.0. The van der Waals surface area contributed by atoms with Crippen LogP contribution in [0, 0.1) is 0 Å². The van der Waals surface area contributed by atoms with Crippen molar-refractivity contribution < 1.29 is 4.74 Å². The fraction of sp³-hybridized carbons (Fsp3) is 0.650. The quantitative estimate of drug-likeness (QED) is 0.268. The molecule has 0 aromatic heterocycles. The Hall–Kier alpha value is -1.06. The number of anilines is 1. The molecule has 27 heavy (non-hydrogen) atoms. The summed E-state index contributed by atoms with van der Waals surface area (Å²) in [6.07, 6.45) is 4.98. The molecule has 2 fully saturated rings. The van der Waals surface area contributed by atoms with Crippen LogP contribution in [0.15, 0.2) is 29.3 Å². The lowest BCUT2D eigenvalue weighted by atomic mass is 10.1. The summed E-state index contributed by atoms with van der Waals surface area (Å²) >= 11 is 0. The summed E-state index contributed by atoms with van der Waals surface area (Å²) in [5.41, 5.74) is 8.63. The van der Waals surface area contributed by atoms with Crippen molar-refractivity contribution in [3.63, 3.8) is 0 Å². The van der Waals surface area contributed by atoms with Gasteiger partial charge in [-0.2, -0.15) is 0 Å². The number of rotatable bonds is 7. The molecule has 0 bridgehead atoms. The molecule has 6 nitrogen and oxygen atoms in total. The standard InChI is InChI=1S/C20H33N5O.HI/c21-20(22-9-6-10-24-13-15-26-16-14-24)23-17-18-7-2-3-8-19(18)25-11-4-1-5-12-25;/h2-3,7-8H,1,4-6,9-17H2,(H3,21,22,23);1H. The van der Waals surface area contributed by atoms with Crippen LogP contribution < -0.4 is 16.0 Å². The number of halogens is 1. The van der Waals surface area contributed by atoms with Gasteiger partial charge >= 0.3 is 0 Å². The van der Waals surface area contributed by atoms with Crippen LogP contribution in [0.4, 0.5) is 5.69 Å². The number of nitrogens with one attached hydrogen (secondary N) is 1. The van der Waals surface area contributed by atoms with E-state index < -0.39 is 0 Å². The first kappa shape index (κ1) is 22.2. The van der Waals surface area contributed by atoms with Crippen LogP contribution in [0.2, 0.25) is 0 Å². The van der Waals surface area contributed by atoms with Crippen LogP contribution >= 0.6 is 24.0 Å². The molecule has 2 saturated heterocycles. The SMILES string of the molecule is I.NC(=NCc1ccccc1N1CCCCC1)NCCCN1CCOCC1. The molecule has 0 atom stereocenters. The average molecular weight is 487 g/mol. The second kappa shape index (κ2) is 12.4. The fourth-order valence-electron chi connectivity index (χ4n) is 3.66. The normalized spacial score (nSPS) is 18.8. The highest BCUT2D eigenvalue weighted by Gasteiger charge is 2.14. The van der Waals surface area contributed by atoms with Crippen molar-refractivity contribution in [2.75, 3.05) is 57.4 Å². The molecule has 1 aromatic rings. The van der Waals surface area contributed by atoms with Gasteiger partial charge < -0.3 is 20.7 Å². The Balaban J connectivity index is 0.00000261. The zero-order valence-corrected chi connectivity index (χ0v) is 18.6. The van der Waals surface area contributed by atoms with E-state index in [2.05, 4.69) is 44.4 Å². The van der Waals surface area contributed by atoms with E-state index in [0.717, 1.165) is 58.9 Å². The van der Waals surface area contributed by atoms with Gasteiger partial charge in [0.15, 0.2) is 5.96 Å². The van der Waals surface area contributed by atoms with Gasteiger partial charge in [0.05, 0.1) is 19.8 Å². The van der Waals surface area contributed by atoms with E-state index in [1.54, 1.807) is 0 Å². The van der Waals surface area contributed by atoms with Gasteiger partial charge in [-0.25, -0.2) is 4.99 Å². The van der Waals surface area contributed by atoms with E-state index in [1.165, 1.54) is 30.5 Å². The van der Waals surface area contributed by atoms with Gasteiger partial charge in [-0.1, -0.05) is 18.2 Å². The number of nitrogens with zero attached hydrogens (tertiary/aromatic N) is 3. The molecule has 152 valence electrons. The summed E-state index contributed by atoms with van der Waals surface area (Å²) in [5.74, 6) is 0.542. The van der Waals surface area contributed by atoms with Crippen molar-refractivity contribution >= 4 is 35.6 Å². The van der Waals surface area contributed by atoms with E-state index in [4.69, 9.17) is 10.5 Å². The molecule has 3 rings (SSSR count). The lowest BCUT2D eigenvalue weighted by Gasteiger charge is -2.30. The molecule has 3 N–H and O–H groups in total. The van der Waals surface area contributed by atoms with E-state index in [9.17, 15) is 0 Å². The van der Waals surface area contributed by atoms with Crippen molar-refractivity contribution in [2.45, 2.75) is 32.2 Å². The van der Waals surface area contributed by atoms with Gasteiger partial charge in [0.1, 0.15) is 0 Å². The largest absolute Gasteiger partial charge is 0.379 e. The van der Waals surface area contributed by atoms with Crippen molar-refractivity contribution in [3.05, 3.63) is 29.8 Å². The average Bonchev–Trinajstić information content (AvgIpc) is 2.71. The topological polar surface area (TPSA) is 66.1 Å². The summed E-state index contributed by atoms with van der Waals surface area (Å²) in [5, 5.41) is 3.25. The molecule has 0 saturated carbocycles. The Morgan fingerprint density at radius 3 is 2.59 bits per heavy atom. The van der Waals surface area contributed by atoms with Gasteiger partial charge in [-0.3, -0.25) is 4.90 Å². The molecule has 0 radical (unpaired) electrons. The minimum Gasteiger partial charge on any atom is -0.379 e. The van der Waals surface area contributed by atoms with Crippen LogP contribution in [0.1, 0.15) is 31.2 Å². The monoisotopic (exact) mass is 487 g/mol. The molecular weight excluding hydrogens is 453 g/mol. The molecule has 1 aromatic carbocycles. The van der Waals surface area contributed by atoms with Gasteiger partial charge in [-0.15, -0.1) is 24.0 Å². The van der Waals surface area contributed by atoms with Crippen molar-refractivity contribution in [1.29, 1.82) is 0 Å². The Kier molecular flexibility index (Phi) is 10.2. The van der Waals surface area contributed by atoms with Crippen molar-refractivity contribution in [3.8, 4) is 0 Å². The number of hydrogen-bond donors (Lipinski definition) is 2. The summed E-state index contributed by atoms with van der Waals surface area (Å²) < 4.78 is 5.37. The van der Waals surface area contributed by atoms with Crippen LogP contribution in [0.25, 0.3) is 0 Å². The summed E-state index contributed by atoms with van der Waals surface area (Å²) in [7, 11) is 0. The Morgan fingerprint density at radius 1 is 1.07 bits per heavy atom.